The molecule has 4 rings (SSSR count). The number of hydrogen-bond acceptors (Lipinski definition) is 2. The van der Waals surface area contributed by atoms with Gasteiger partial charge in [0.1, 0.15) is 0 Å². The van der Waals surface area contributed by atoms with E-state index < -0.39 is 46.4 Å². The van der Waals surface area contributed by atoms with E-state index in [1.54, 1.807) is 36.5 Å². The van der Waals surface area contributed by atoms with Gasteiger partial charge in [0.25, 0.3) is 11.8 Å². The molecule has 2 aromatic carbocycles. The minimum atomic E-state index is -5.07. The summed E-state index contributed by atoms with van der Waals surface area (Å²) in [7, 11) is 0. The highest BCUT2D eigenvalue weighted by molar-refractivity contribution is 9.11. The van der Waals surface area contributed by atoms with Crippen molar-refractivity contribution in [2.45, 2.75) is 38.0 Å². The predicted octanol–water partition coefficient (Wildman–Crippen LogP) is 9.35. The molecule has 2 amide bonds. The third-order valence-corrected chi connectivity index (χ3v) is 7.44. The summed E-state index contributed by atoms with van der Waals surface area (Å²) in [5.74, 6) is -1.31. The second kappa shape index (κ2) is 11.8. The molecule has 0 radical (unpaired) electrons. The number of amides is 2. The Labute approximate surface area is 242 Å². The van der Waals surface area contributed by atoms with Crippen molar-refractivity contribution in [3.05, 3.63) is 91.9 Å². The van der Waals surface area contributed by atoms with Gasteiger partial charge in [-0.25, -0.2) is 0 Å². The molecule has 210 valence electrons. The minimum absolute atomic E-state index is 0.0538. The third-order valence-electron chi connectivity index (χ3n) is 6.13. The highest BCUT2D eigenvalue weighted by Crippen LogP contribution is 2.47. The number of allylic oxidation sites excluding steroid dienone is 4. The standard InChI is InChI=1S/C28H20Br2F6N2O2/c29-21-11-17(19(27(31,32)33)13-23(21)37-25(39)15-7-3-1-4-8-15)18-12-22(30)24(14-20(18)28(34,35)36)38-26(40)16-9-5-2-6-10-16/h3,5,7-14H,1-2,4,6H2,(H,37,39)(H,38,40). The SMILES string of the molecule is O=C(Nc1cc(C(F)(F)F)c(-c2cc(Br)c(NC(=O)C3=CCCC=C3)cc2C(F)(F)F)cc1Br)C1=CCCC=C1. The summed E-state index contributed by atoms with van der Waals surface area (Å²) in [5, 5.41) is 4.79. The Morgan fingerprint density at radius 3 is 1.30 bits per heavy atom. The first kappa shape index (κ1) is 29.9. The van der Waals surface area contributed by atoms with Gasteiger partial charge in [-0.3, -0.25) is 9.59 Å². The number of carbonyl (C=O) groups is 2. The minimum Gasteiger partial charge on any atom is -0.321 e. The maximum Gasteiger partial charge on any atom is 0.417 e. The topological polar surface area (TPSA) is 58.2 Å². The average Bonchev–Trinajstić information content (AvgIpc) is 2.90. The monoisotopic (exact) mass is 688 g/mol. The summed E-state index contributed by atoms with van der Waals surface area (Å²) in [4.78, 5) is 25.2. The zero-order valence-electron chi connectivity index (χ0n) is 20.4. The summed E-state index contributed by atoms with van der Waals surface area (Å²) in [6, 6.07) is 2.96. The highest BCUT2D eigenvalue weighted by atomic mass is 79.9. The van der Waals surface area contributed by atoms with Crippen LogP contribution in [0, 0.1) is 0 Å². The molecular formula is C28H20Br2F6N2O2. The van der Waals surface area contributed by atoms with Crippen LogP contribution in [0.5, 0.6) is 0 Å². The van der Waals surface area contributed by atoms with Crippen LogP contribution in [0.2, 0.25) is 0 Å². The summed E-state index contributed by atoms with van der Waals surface area (Å²) in [6.45, 7) is 0. The fraction of sp³-hybridized carbons (Fsp3) is 0.214. The van der Waals surface area contributed by atoms with Crippen LogP contribution in [0.15, 0.2) is 80.8 Å². The molecule has 2 aromatic rings. The van der Waals surface area contributed by atoms with Gasteiger partial charge in [0.2, 0.25) is 0 Å². The number of nitrogens with one attached hydrogen (secondary N) is 2. The molecule has 0 saturated heterocycles. The quantitative estimate of drug-likeness (QED) is 0.308. The normalized spacial score (nSPS) is 15.4. The van der Waals surface area contributed by atoms with E-state index in [0.29, 0.717) is 25.0 Å². The van der Waals surface area contributed by atoms with E-state index in [-0.39, 0.29) is 31.5 Å². The van der Waals surface area contributed by atoms with Crippen LogP contribution >= 0.6 is 31.9 Å². The van der Waals surface area contributed by atoms with E-state index in [4.69, 9.17) is 0 Å². The summed E-state index contributed by atoms with van der Waals surface area (Å²) in [6.07, 6.45) is 2.35. The number of hydrogen-bond donors (Lipinski definition) is 2. The smallest absolute Gasteiger partial charge is 0.321 e. The average molecular weight is 690 g/mol. The van der Waals surface area contributed by atoms with Gasteiger partial charge in [0, 0.05) is 20.1 Å². The first-order valence-electron chi connectivity index (χ1n) is 11.9. The molecule has 0 fully saturated rings. The second-order valence-electron chi connectivity index (χ2n) is 8.94. The van der Waals surface area contributed by atoms with Crippen molar-refractivity contribution in [2.75, 3.05) is 10.6 Å². The Morgan fingerprint density at radius 1 is 0.625 bits per heavy atom. The zero-order chi connectivity index (χ0) is 29.2. The van der Waals surface area contributed by atoms with Crippen LogP contribution in [0.3, 0.4) is 0 Å². The molecule has 0 unspecified atom stereocenters. The number of halogens is 8. The van der Waals surface area contributed by atoms with E-state index in [1.807, 2.05) is 0 Å². The Hall–Kier alpha value is -3.12. The van der Waals surface area contributed by atoms with E-state index in [2.05, 4.69) is 42.5 Å². The Kier molecular flexibility index (Phi) is 8.79. The van der Waals surface area contributed by atoms with Gasteiger partial charge in [-0.05, 0) is 92.9 Å². The molecule has 0 aliphatic heterocycles. The lowest BCUT2D eigenvalue weighted by molar-refractivity contribution is -0.139. The molecular weight excluding hydrogens is 670 g/mol. The van der Waals surface area contributed by atoms with Gasteiger partial charge in [0.15, 0.2) is 0 Å². The van der Waals surface area contributed by atoms with E-state index in [1.165, 1.54) is 0 Å². The molecule has 0 atom stereocenters. The van der Waals surface area contributed by atoms with Crippen molar-refractivity contribution in [3.8, 4) is 11.1 Å². The number of carbonyl (C=O) groups excluding carboxylic acids is 2. The second-order valence-corrected chi connectivity index (χ2v) is 10.6. The van der Waals surface area contributed by atoms with Gasteiger partial charge >= 0.3 is 12.4 Å². The van der Waals surface area contributed by atoms with Crippen molar-refractivity contribution in [3.63, 3.8) is 0 Å². The molecule has 0 heterocycles. The largest absolute Gasteiger partial charge is 0.417 e. The number of rotatable bonds is 5. The Bertz CT molecular complexity index is 1380. The third kappa shape index (κ3) is 6.77. The molecule has 0 saturated carbocycles. The molecule has 40 heavy (non-hydrogen) atoms. The van der Waals surface area contributed by atoms with E-state index in [9.17, 15) is 35.9 Å². The van der Waals surface area contributed by atoms with Crippen LogP contribution in [-0.4, -0.2) is 11.8 Å². The molecule has 4 nitrogen and oxygen atoms in total. The predicted molar refractivity (Wildman–Crippen MR) is 147 cm³/mol. The first-order chi connectivity index (χ1) is 18.8. The van der Waals surface area contributed by atoms with Gasteiger partial charge in [-0.1, -0.05) is 36.5 Å². The van der Waals surface area contributed by atoms with Gasteiger partial charge < -0.3 is 10.6 Å². The van der Waals surface area contributed by atoms with Crippen molar-refractivity contribution in [1.82, 2.24) is 0 Å². The van der Waals surface area contributed by atoms with Gasteiger partial charge in [-0.15, -0.1) is 0 Å². The van der Waals surface area contributed by atoms with Crippen LogP contribution in [-0.2, 0) is 21.9 Å². The molecule has 2 N–H and O–H groups in total. The fourth-order valence-electron chi connectivity index (χ4n) is 4.21. The van der Waals surface area contributed by atoms with Crippen LogP contribution < -0.4 is 10.6 Å². The maximum absolute atomic E-state index is 14.2. The van der Waals surface area contributed by atoms with Crippen LogP contribution in [0.25, 0.3) is 11.1 Å². The van der Waals surface area contributed by atoms with E-state index >= 15 is 0 Å². The van der Waals surface area contributed by atoms with Crippen molar-refractivity contribution in [2.24, 2.45) is 0 Å². The van der Waals surface area contributed by atoms with E-state index in [0.717, 1.165) is 25.0 Å². The number of benzene rings is 2. The molecule has 2 aliphatic carbocycles. The van der Waals surface area contributed by atoms with Crippen LogP contribution in [0.4, 0.5) is 37.7 Å². The molecule has 0 bridgehead atoms. The summed E-state index contributed by atoms with van der Waals surface area (Å²) < 4.78 is 85.2. The highest BCUT2D eigenvalue weighted by Gasteiger charge is 2.40. The molecule has 0 spiro atoms. The van der Waals surface area contributed by atoms with Crippen LogP contribution in [0.1, 0.15) is 36.8 Å². The zero-order valence-corrected chi connectivity index (χ0v) is 23.6. The fourth-order valence-corrected chi connectivity index (χ4v) is 5.09. The molecule has 12 heteroatoms. The van der Waals surface area contributed by atoms with Crippen molar-refractivity contribution < 1.29 is 35.9 Å². The van der Waals surface area contributed by atoms with Crippen molar-refractivity contribution >= 4 is 55.0 Å². The van der Waals surface area contributed by atoms with Crippen molar-refractivity contribution in [1.29, 1.82) is 0 Å². The maximum atomic E-state index is 14.2. The lowest BCUT2D eigenvalue weighted by Gasteiger charge is -2.21. The lowest BCUT2D eigenvalue weighted by Crippen LogP contribution is -2.17. The van der Waals surface area contributed by atoms with Gasteiger partial charge in [0.05, 0.1) is 22.5 Å². The summed E-state index contributed by atoms with van der Waals surface area (Å²) >= 11 is 6.20. The number of alkyl halides is 6. The molecule has 0 aromatic heterocycles. The lowest BCUT2D eigenvalue weighted by atomic mass is 9.93. The Balaban J connectivity index is 1.80. The number of anilines is 2. The Morgan fingerprint density at radius 2 is 1.00 bits per heavy atom. The van der Waals surface area contributed by atoms with Gasteiger partial charge in [-0.2, -0.15) is 26.3 Å². The summed E-state index contributed by atoms with van der Waals surface area (Å²) in [5.41, 5.74) is -4.29. The first-order valence-corrected chi connectivity index (χ1v) is 13.5. The molecule has 2 aliphatic rings.